The van der Waals surface area contributed by atoms with Gasteiger partial charge in [0.25, 0.3) is 0 Å². The van der Waals surface area contributed by atoms with E-state index in [0.29, 0.717) is 17.9 Å². The van der Waals surface area contributed by atoms with Crippen LogP contribution in [0.1, 0.15) is 63.8 Å². The smallest absolute Gasteiger partial charge is 0.192 e. The van der Waals surface area contributed by atoms with Crippen LogP contribution in [0.2, 0.25) is 18.1 Å². The summed E-state index contributed by atoms with van der Waals surface area (Å²) in [7, 11) is -1.67. The Morgan fingerprint density at radius 2 is 1.92 bits per heavy atom. The Kier molecular flexibility index (Phi) is 5.70. The maximum absolute atomic E-state index is 7.01. The van der Waals surface area contributed by atoms with Crippen molar-refractivity contribution in [3.8, 4) is 0 Å². The molecule has 5 nitrogen and oxygen atoms in total. The summed E-state index contributed by atoms with van der Waals surface area (Å²) in [6.07, 6.45) is 5.90. The van der Waals surface area contributed by atoms with Crippen LogP contribution >= 0.6 is 0 Å². The van der Waals surface area contributed by atoms with Crippen molar-refractivity contribution in [2.75, 3.05) is 0 Å². The van der Waals surface area contributed by atoms with Gasteiger partial charge in [0.1, 0.15) is 12.2 Å². The van der Waals surface area contributed by atoms with E-state index < -0.39 is 8.32 Å². The molecule has 1 heterocycles. The molecule has 0 bridgehead atoms. The summed E-state index contributed by atoms with van der Waals surface area (Å²) in [4.78, 5) is 7.18. The molecular weight excluding hydrogens is 316 g/mol. The van der Waals surface area contributed by atoms with Crippen LogP contribution in [0.25, 0.3) is 0 Å². The van der Waals surface area contributed by atoms with Gasteiger partial charge in [-0.1, -0.05) is 20.8 Å². The number of nitrogens with zero attached hydrogens (tertiary/aromatic N) is 1. The minimum absolute atomic E-state index is 0.268. The molecule has 0 aromatic carbocycles. The number of nitrogens with one attached hydrogen (secondary N) is 2. The SMILES string of the molecule is CC(C)(C)[Si](C)(C)OC1CCC(c2ccc(/C(N)=N\C=N)[nH]2)CC1. The lowest BCUT2D eigenvalue weighted by atomic mass is 9.85. The normalized spacial score (nSPS) is 23.3. The van der Waals surface area contributed by atoms with Gasteiger partial charge in [-0.15, -0.1) is 0 Å². The number of nitrogens with two attached hydrogens (primary N) is 1. The highest BCUT2D eigenvalue weighted by molar-refractivity contribution is 6.74. The van der Waals surface area contributed by atoms with Gasteiger partial charge in [-0.05, 0) is 61.9 Å². The molecule has 2 rings (SSSR count). The third-order valence-electron chi connectivity index (χ3n) is 5.57. The summed E-state index contributed by atoms with van der Waals surface area (Å²) < 4.78 is 6.57. The van der Waals surface area contributed by atoms with Crippen LogP contribution in [0, 0.1) is 5.41 Å². The predicted octanol–water partition coefficient (Wildman–Crippen LogP) is 4.38. The molecule has 1 aliphatic rings. The van der Waals surface area contributed by atoms with Gasteiger partial charge in [0.05, 0.1) is 5.69 Å². The summed E-state index contributed by atoms with van der Waals surface area (Å²) in [6, 6.07) is 4.05. The minimum atomic E-state index is -1.67. The number of H-pyrrole nitrogens is 1. The molecule has 0 amide bonds. The third kappa shape index (κ3) is 4.36. The number of hydrogen-bond donors (Lipinski definition) is 3. The van der Waals surface area contributed by atoms with Crippen molar-refractivity contribution >= 4 is 20.5 Å². The molecule has 0 spiro atoms. The van der Waals surface area contributed by atoms with E-state index >= 15 is 0 Å². The Balaban J connectivity index is 1.94. The van der Waals surface area contributed by atoms with Gasteiger partial charge in [0.15, 0.2) is 8.32 Å². The second kappa shape index (κ2) is 7.23. The predicted molar refractivity (Wildman–Crippen MR) is 104 cm³/mol. The van der Waals surface area contributed by atoms with E-state index in [1.807, 2.05) is 6.07 Å². The molecule has 0 aliphatic heterocycles. The van der Waals surface area contributed by atoms with Gasteiger partial charge < -0.3 is 15.1 Å². The Morgan fingerprint density at radius 3 is 2.46 bits per heavy atom. The summed E-state index contributed by atoms with van der Waals surface area (Å²) in [5.41, 5.74) is 7.85. The van der Waals surface area contributed by atoms with Crippen LogP contribution in [0.5, 0.6) is 0 Å². The number of amidine groups is 1. The number of hydrogen-bond acceptors (Lipinski definition) is 2. The Bertz CT molecular complexity index is 592. The summed E-state index contributed by atoms with van der Waals surface area (Å²) >= 11 is 0. The lowest BCUT2D eigenvalue weighted by Gasteiger charge is -2.41. The zero-order valence-corrected chi connectivity index (χ0v) is 16.6. The maximum Gasteiger partial charge on any atom is 0.192 e. The van der Waals surface area contributed by atoms with E-state index in [0.717, 1.165) is 37.7 Å². The molecule has 1 fully saturated rings. The number of rotatable bonds is 5. The fourth-order valence-electron chi connectivity index (χ4n) is 3.02. The van der Waals surface area contributed by atoms with Crippen molar-refractivity contribution in [1.29, 1.82) is 5.41 Å². The fourth-order valence-corrected chi connectivity index (χ4v) is 4.45. The van der Waals surface area contributed by atoms with Crippen LogP contribution < -0.4 is 5.73 Å². The first-order chi connectivity index (χ1) is 11.1. The summed E-state index contributed by atoms with van der Waals surface area (Å²) in [5, 5.41) is 7.27. The van der Waals surface area contributed by atoms with Gasteiger partial charge in [0.2, 0.25) is 0 Å². The Labute approximate surface area is 146 Å². The van der Waals surface area contributed by atoms with Gasteiger partial charge in [-0.2, -0.15) is 0 Å². The van der Waals surface area contributed by atoms with E-state index in [1.54, 1.807) is 0 Å². The molecule has 4 N–H and O–H groups in total. The minimum Gasteiger partial charge on any atom is -0.414 e. The van der Waals surface area contributed by atoms with Crippen LogP contribution in [0.15, 0.2) is 17.1 Å². The monoisotopic (exact) mass is 348 g/mol. The molecular formula is C18H32N4OSi. The standard InChI is InChI=1S/C18H32N4OSi/c1-18(2,3)24(4,5)23-14-8-6-13(7-9-14)15-10-11-16(22-15)17(20)21-12-19/h10-14,22H,6-9H2,1-5H3,(H3,19,20,21). The number of aliphatic imine (C=N–C) groups is 1. The highest BCUT2D eigenvalue weighted by atomic mass is 28.4. The van der Waals surface area contributed by atoms with Gasteiger partial charge >= 0.3 is 0 Å². The van der Waals surface area contributed by atoms with Crippen LogP contribution in [0.4, 0.5) is 0 Å². The van der Waals surface area contributed by atoms with Crippen molar-refractivity contribution in [3.63, 3.8) is 0 Å². The molecule has 1 aromatic rings. The molecule has 24 heavy (non-hydrogen) atoms. The molecule has 0 radical (unpaired) electrons. The first-order valence-electron chi connectivity index (χ1n) is 8.83. The summed E-state index contributed by atoms with van der Waals surface area (Å²) in [6.45, 7) is 11.6. The van der Waals surface area contributed by atoms with E-state index in [2.05, 4.69) is 49.9 Å². The third-order valence-corrected chi connectivity index (χ3v) is 10.1. The summed E-state index contributed by atoms with van der Waals surface area (Å²) in [5.74, 6) is 0.900. The lowest BCUT2D eigenvalue weighted by Crippen LogP contribution is -2.44. The number of aromatic nitrogens is 1. The molecule has 134 valence electrons. The molecule has 0 saturated heterocycles. The largest absolute Gasteiger partial charge is 0.414 e. The highest BCUT2D eigenvalue weighted by Gasteiger charge is 2.39. The van der Waals surface area contributed by atoms with Crippen LogP contribution in [-0.4, -0.2) is 31.6 Å². The molecule has 1 saturated carbocycles. The van der Waals surface area contributed by atoms with Crippen LogP contribution in [-0.2, 0) is 4.43 Å². The fraction of sp³-hybridized carbons (Fsp3) is 0.667. The van der Waals surface area contributed by atoms with Crippen molar-refractivity contribution in [1.82, 2.24) is 4.98 Å². The average Bonchev–Trinajstić information content (AvgIpc) is 2.96. The van der Waals surface area contributed by atoms with E-state index in [4.69, 9.17) is 15.6 Å². The first kappa shape index (κ1) is 18.9. The lowest BCUT2D eigenvalue weighted by molar-refractivity contribution is 0.129. The van der Waals surface area contributed by atoms with Crippen molar-refractivity contribution in [3.05, 3.63) is 23.5 Å². The molecule has 0 atom stereocenters. The van der Waals surface area contributed by atoms with Gasteiger partial charge in [-0.25, -0.2) is 4.99 Å². The van der Waals surface area contributed by atoms with E-state index in [-0.39, 0.29) is 5.04 Å². The average molecular weight is 349 g/mol. The zero-order chi connectivity index (χ0) is 18.0. The van der Waals surface area contributed by atoms with E-state index in [1.165, 1.54) is 5.69 Å². The second-order valence-corrected chi connectivity index (χ2v) is 13.1. The highest BCUT2D eigenvalue weighted by Crippen LogP contribution is 2.41. The van der Waals surface area contributed by atoms with E-state index in [9.17, 15) is 0 Å². The topological polar surface area (TPSA) is 87.2 Å². The van der Waals surface area contributed by atoms with Crippen LogP contribution in [0.3, 0.4) is 0 Å². The van der Waals surface area contributed by atoms with Gasteiger partial charge in [0, 0.05) is 11.8 Å². The molecule has 1 aromatic heterocycles. The van der Waals surface area contributed by atoms with Crippen molar-refractivity contribution in [2.45, 2.75) is 76.6 Å². The number of aromatic amines is 1. The first-order valence-corrected chi connectivity index (χ1v) is 11.7. The molecule has 1 aliphatic carbocycles. The van der Waals surface area contributed by atoms with Gasteiger partial charge in [-0.3, -0.25) is 5.41 Å². The zero-order valence-electron chi connectivity index (χ0n) is 15.6. The molecule has 0 unspecified atom stereocenters. The Hall–Kier alpha value is -1.40. The second-order valence-electron chi connectivity index (χ2n) is 8.32. The van der Waals surface area contributed by atoms with Crippen molar-refractivity contribution in [2.24, 2.45) is 10.7 Å². The quantitative estimate of drug-likeness (QED) is 0.419. The Morgan fingerprint density at radius 1 is 1.29 bits per heavy atom. The maximum atomic E-state index is 7.01. The van der Waals surface area contributed by atoms with Crippen molar-refractivity contribution < 1.29 is 4.43 Å². The molecule has 6 heteroatoms.